The normalized spacial score (nSPS) is 10.5. The molecule has 2 aromatic rings. The summed E-state index contributed by atoms with van der Waals surface area (Å²) in [7, 11) is 0. The van der Waals surface area contributed by atoms with Crippen LogP contribution in [0.5, 0.6) is 0 Å². The van der Waals surface area contributed by atoms with Crippen LogP contribution in [0.25, 0.3) is 0 Å². The van der Waals surface area contributed by atoms with Gasteiger partial charge >= 0.3 is 0 Å². The SMILES string of the molecule is Cc1ccc(C)c(Cc2cccc(CN)c2)c1. The van der Waals surface area contributed by atoms with Crippen LogP contribution in [-0.2, 0) is 13.0 Å². The van der Waals surface area contributed by atoms with E-state index in [0.29, 0.717) is 6.54 Å². The quantitative estimate of drug-likeness (QED) is 0.851. The topological polar surface area (TPSA) is 26.0 Å². The summed E-state index contributed by atoms with van der Waals surface area (Å²) >= 11 is 0. The van der Waals surface area contributed by atoms with Gasteiger partial charge in [-0.15, -0.1) is 0 Å². The highest BCUT2D eigenvalue weighted by atomic mass is 14.5. The minimum atomic E-state index is 0.612. The first-order valence-electron chi connectivity index (χ1n) is 6.03. The van der Waals surface area contributed by atoms with Crippen LogP contribution in [0, 0.1) is 13.8 Å². The summed E-state index contributed by atoms with van der Waals surface area (Å²) in [5.74, 6) is 0. The van der Waals surface area contributed by atoms with Gasteiger partial charge in [0.1, 0.15) is 0 Å². The molecule has 0 saturated carbocycles. The van der Waals surface area contributed by atoms with E-state index in [4.69, 9.17) is 5.73 Å². The van der Waals surface area contributed by atoms with Crippen LogP contribution >= 0.6 is 0 Å². The highest BCUT2D eigenvalue weighted by Crippen LogP contribution is 2.16. The van der Waals surface area contributed by atoms with Gasteiger partial charge in [-0.05, 0) is 42.5 Å². The van der Waals surface area contributed by atoms with Crippen molar-refractivity contribution in [2.45, 2.75) is 26.8 Å². The van der Waals surface area contributed by atoms with Crippen LogP contribution in [0.4, 0.5) is 0 Å². The van der Waals surface area contributed by atoms with Gasteiger partial charge in [-0.1, -0.05) is 48.0 Å². The van der Waals surface area contributed by atoms with Gasteiger partial charge in [-0.2, -0.15) is 0 Å². The first kappa shape index (κ1) is 11.9. The van der Waals surface area contributed by atoms with E-state index in [2.05, 4.69) is 56.3 Å². The molecule has 0 radical (unpaired) electrons. The molecule has 88 valence electrons. The summed E-state index contributed by atoms with van der Waals surface area (Å²) in [5, 5.41) is 0. The first-order chi connectivity index (χ1) is 8.19. The van der Waals surface area contributed by atoms with Crippen LogP contribution in [0.1, 0.15) is 27.8 Å². The third-order valence-electron chi connectivity index (χ3n) is 3.13. The molecule has 0 amide bonds. The smallest absolute Gasteiger partial charge is 0.0178 e. The maximum absolute atomic E-state index is 5.67. The lowest BCUT2D eigenvalue weighted by Crippen LogP contribution is -1.98. The van der Waals surface area contributed by atoms with Crippen LogP contribution in [0.15, 0.2) is 42.5 Å². The largest absolute Gasteiger partial charge is 0.326 e. The molecule has 1 heteroatoms. The van der Waals surface area contributed by atoms with E-state index >= 15 is 0 Å². The van der Waals surface area contributed by atoms with Crippen molar-refractivity contribution in [2.75, 3.05) is 0 Å². The van der Waals surface area contributed by atoms with Crippen molar-refractivity contribution < 1.29 is 0 Å². The third-order valence-corrected chi connectivity index (χ3v) is 3.13. The lowest BCUT2D eigenvalue weighted by atomic mass is 9.98. The lowest BCUT2D eigenvalue weighted by molar-refractivity contribution is 1.05. The van der Waals surface area contributed by atoms with Crippen LogP contribution < -0.4 is 5.73 Å². The van der Waals surface area contributed by atoms with E-state index < -0.39 is 0 Å². The standard InChI is InChI=1S/C16H19N/c1-12-6-7-13(2)16(8-12)10-14-4-3-5-15(9-14)11-17/h3-9H,10-11,17H2,1-2H3. The van der Waals surface area contributed by atoms with Crippen molar-refractivity contribution in [3.63, 3.8) is 0 Å². The van der Waals surface area contributed by atoms with Gasteiger partial charge in [0.2, 0.25) is 0 Å². The minimum Gasteiger partial charge on any atom is -0.326 e. The fourth-order valence-electron chi connectivity index (χ4n) is 2.08. The zero-order valence-corrected chi connectivity index (χ0v) is 10.5. The number of rotatable bonds is 3. The Labute approximate surface area is 103 Å². The molecule has 0 spiro atoms. The van der Waals surface area contributed by atoms with E-state index in [9.17, 15) is 0 Å². The molecular formula is C16H19N. The van der Waals surface area contributed by atoms with Crippen molar-refractivity contribution in [1.29, 1.82) is 0 Å². The second-order valence-electron chi connectivity index (χ2n) is 4.63. The van der Waals surface area contributed by atoms with E-state index in [-0.39, 0.29) is 0 Å². The number of hydrogen-bond acceptors (Lipinski definition) is 1. The molecule has 0 heterocycles. The molecule has 0 aromatic heterocycles. The zero-order valence-electron chi connectivity index (χ0n) is 10.5. The van der Waals surface area contributed by atoms with Gasteiger partial charge in [0.05, 0.1) is 0 Å². The third kappa shape index (κ3) is 2.95. The predicted molar refractivity (Wildman–Crippen MR) is 73.1 cm³/mol. The van der Waals surface area contributed by atoms with Gasteiger partial charge in [-0.25, -0.2) is 0 Å². The number of benzene rings is 2. The van der Waals surface area contributed by atoms with E-state index in [0.717, 1.165) is 6.42 Å². The highest BCUT2D eigenvalue weighted by Gasteiger charge is 2.01. The van der Waals surface area contributed by atoms with Crippen molar-refractivity contribution in [3.05, 3.63) is 70.3 Å². The maximum Gasteiger partial charge on any atom is 0.0178 e. The molecule has 0 aliphatic carbocycles. The number of aryl methyl sites for hydroxylation is 2. The fourth-order valence-corrected chi connectivity index (χ4v) is 2.08. The Morgan fingerprint density at radius 2 is 1.71 bits per heavy atom. The Morgan fingerprint density at radius 1 is 0.941 bits per heavy atom. The van der Waals surface area contributed by atoms with Gasteiger partial charge in [0.15, 0.2) is 0 Å². The fraction of sp³-hybridized carbons (Fsp3) is 0.250. The number of hydrogen-bond donors (Lipinski definition) is 1. The summed E-state index contributed by atoms with van der Waals surface area (Å²) in [6.45, 7) is 4.92. The molecule has 0 aliphatic heterocycles. The second-order valence-corrected chi connectivity index (χ2v) is 4.63. The molecule has 0 saturated heterocycles. The van der Waals surface area contributed by atoms with Crippen molar-refractivity contribution >= 4 is 0 Å². The second kappa shape index (κ2) is 5.15. The molecule has 1 nitrogen and oxygen atoms in total. The minimum absolute atomic E-state index is 0.612. The molecular weight excluding hydrogens is 206 g/mol. The van der Waals surface area contributed by atoms with Crippen LogP contribution in [-0.4, -0.2) is 0 Å². The Hall–Kier alpha value is -1.60. The van der Waals surface area contributed by atoms with Crippen LogP contribution in [0.3, 0.4) is 0 Å². The Bertz CT molecular complexity index is 515. The molecule has 0 bridgehead atoms. The molecule has 2 N–H and O–H groups in total. The molecule has 0 aliphatic rings. The molecule has 0 atom stereocenters. The summed E-state index contributed by atoms with van der Waals surface area (Å²) in [5.41, 5.74) is 12.3. The van der Waals surface area contributed by atoms with Gasteiger partial charge in [0, 0.05) is 6.54 Å². The number of nitrogens with two attached hydrogens (primary N) is 1. The Balaban J connectivity index is 2.27. The van der Waals surface area contributed by atoms with E-state index in [1.54, 1.807) is 0 Å². The van der Waals surface area contributed by atoms with Gasteiger partial charge in [0.25, 0.3) is 0 Å². The molecule has 2 aromatic carbocycles. The first-order valence-corrected chi connectivity index (χ1v) is 6.03. The average molecular weight is 225 g/mol. The molecule has 0 fully saturated rings. The van der Waals surface area contributed by atoms with E-state index in [1.807, 2.05) is 0 Å². The molecule has 2 rings (SSSR count). The maximum atomic E-state index is 5.67. The Morgan fingerprint density at radius 3 is 2.47 bits per heavy atom. The summed E-state index contributed by atoms with van der Waals surface area (Å²) in [6, 6.07) is 15.1. The summed E-state index contributed by atoms with van der Waals surface area (Å²) in [4.78, 5) is 0. The van der Waals surface area contributed by atoms with Crippen molar-refractivity contribution in [2.24, 2.45) is 5.73 Å². The van der Waals surface area contributed by atoms with Crippen molar-refractivity contribution in [3.8, 4) is 0 Å². The van der Waals surface area contributed by atoms with Crippen LogP contribution in [0.2, 0.25) is 0 Å². The van der Waals surface area contributed by atoms with Gasteiger partial charge in [-0.3, -0.25) is 0 Å². The summed E-state index contributed by atoms with van der Waals surface area (Å²) in [6.07, 6.45) is 0.987. The highest BCUT2D eigenvalue weighted by molar-refractivity contribution is 5.36. The molecule has 17 heavy (non-hydrogen) atoms. The van der Waals surface area contributed by atoms with E-state index in [1.165, 1.54) is 27.8 Å². The zero-order chi connectivity index (χ0) is 12.3. The molecule has 0 unspecified atom stereocenters. The monoisotopic (exact) mass is 225 g/mol. The predicted octanol–water partition coefficient (Wildman–Crippen LogP) is 3.35. The van der Waals surface area contributed by atoms with Gasteiger partial charge < -0.3 is 5.73 Å². The Kier molecular flexibility index (Phi) is 3.60. The van der Waals surface area contributed by atoms with Crippen molar-refractivity contribution in [1.82, 2.24) is 0 Å². The summed E-state index contributed by atoms with van der Waals surface area (Å²) < 4.78 is 0. The lowest BCUT2D eigenvalue weighted by Gasteiger charge is -2.08. The average Bonchev–Trinajstić information content (AvgIpc) is 2.34.